The Bertz CT molecular complexity index is 1160. The highest BCUT2D eigenvalue weighted by atomic mass is 32.2. The lowest BCUT2D eigenvalue weighted by atomic mass is 9.96. The predicted octanol–water partition coefficient (Wildman–Crippen LogP) is 3.61. The molecule has 10 heteroatoms. The van der Waals surface area contributed by atoms with Crippen LogP contribution in [0.3, 0.4) is 0 Å². The van der Waals surface area contributed by atoms with E-state index in [9.17, 15) is 15.5 Å². The summed E-state index contributed by atoms with van der Waals surface area (Å²) in [5.41, 5.74) is 3.31. The Balaban J connectivity index is 1.29. The molecule has 3 heterocycles. The number of nitriles is 1. The number of anilines is 3. The van der Waals surface area contributed by atoms with Crippen molar-refractivity contribution in [1.29, 1.82) is 5.26 Å². The molecule has 0 bridgehead atoms. The standard InChI is InChI=1S/C24H28N7O2S/c25-11-9-21(16-3-1-2-4-16)30-14-17(13-27-30)20-10-12-26-24(29-20)28-18-5-7-19(8-6-18)31-23(33)22(32)15-34-31/h5-8,10,12-14,16,21-23,32-34H,1-4,9,15H2,(H,26,28,29). The van der Waals surface area contributed by atoms with Gasteiger partial charge in [-0.05, 0) is 49.1 Å². The molecular formula is C24H28N7O2S. The van der Waals surface area contributed by atoms with Gasteiger partial charge in [0, 0.05) is 35.1 Å². The number of hydrogen-bond acceptors (Lipinski definition) is 8. The fourth-order valence-electron chi connectivity index (χ4n) is 4.72. The van der Waals surface area contributed by atoms with E-state index < -0.39 is 12.3 Å². The van der Waals surface area contributed by atoms with E-state index in [0.717, 1.165) is 47.4 Å². The highest BCUT2D eigenvalue weighted by Crippen LogP contribution is 2.36. The fraction of sp³-hybridized carbons (Fsp3) is 0.417. The molecule has 3 N–H and O–H groups in total. The van der Waals surface area contributed by atoms with Crippen molar-refractivity contribution in [2.45, 2.75) is 50.5 Å². The molecule has 5 rings (SSSR count). The first kappa shape index (κ1) is 22.7. The van der Waals surface area contributed by atoms with Crippen LogP contribution in [0.15, 0.2) is 48.9 Å². The monoisotopic (exact) mass is 478 g/mol. The van der Waals surface area contributed by atoms with Crippen molar-refractivity contribution in [1.82, 2.24) is 19.7 Å². The molecule has 0 amide bonds. The second kappa shape index (κ2) is 10.0. The van der Waals surface area contributed by atoms with E-state index in [1.54, 1.807) is 16.7 Å². The number of aliphatic hydroxyl groups is 2. The Kier molecular flexibility index (Phi) is 6.67. The highest BCUT2D eigenvalue weighted by molar-refractivity contribution is 8.01. The molecule has 1 saturated heterocycles. The first-order valence-electron chi connectivity index (χ1n) is 11.6. The van der Waals surface area contributed by atoms with Gasteiger partial charge in [0.2, 0.25) is 5.95 Å². The lowest BCUT2D eigenvalue weighted by Crippen LogP contribution is -2.32. The minimum atomic E-state index is -0.886. The zero-order valence-electron chi connectivity index (χ0n) is 18.7. The Hall–Kier alpha value is -3.13. The van der Waals surface area contributed by atoms with Gasteiger partial charge in [0.1, 0.15) is 6.10 Å². The minimum absolute atomic E-state index is 0.105. The van der Waals surface area contributed by atoms with Crippen LogP contribution in [0.2, 0.25) is 0 Å². The van der Waals surface area contributed by atoms with Gasteiger partial charge in [-0.3, -0.25) is 8.99 Å². The second-order valence-electron chi connectivity index (χ2n) is 8.77. The number of aliphatic hydroxyl groups excluding tert-OH is 2. The van der Waals surface area contributed by atoms with Crippen molar-refractivity contribution in [3.8, 4) is 17.3 Å². The molecule has 3 aromatic rings. The maximum absolute atomic E-state index is 10.1. The summed E-state index contributed by atoms with van der Waals surface area (Å²) in [6.45, 7) is 0. The average molecular weight is 479 g/mol. The van der Waals surface area contributed by atoms with Crippen molar-refractivity contribution in [2.75, 3.05) is 15.4 Å². The van der Waals surface area contributed by atoms with E-state index in [1.807, 2.05) is 41.2 Å². The molecule has 1 aliphatic carbocycles. The van der Waals surface area contributed by atoms with Gasteiger partial charge in [-0.1, -0.05) is 12.8 Å². The molecule has 1 aromatic carbocycles. The summed E-state index contributed by atoms with van der Waals surface area (Å²) in [6, 6.07) is 11.9. The quantitative estimate of drug-likeness (QED) is 0.380. The molecule has 177 valence electrons. The summed E-state index contributed by atoms with van der Waals surface area (Å²) < 4.78 is 3.69. The van der Waals surface area contributed by atoms with Gasteiger partial charge in [0.15, 0.2) is 6.23 Å². The van der Waals surface area contributed by atoms with Crippen molar-refractivity contribution in [3.63, 3.8) is 0 Å². The summed E-state index contributed by atoms with van der Waals surface area (Å²) in [6.07, 6.45) is 9.09. The lowest BCUT2D eigenvalue weighted by molar-refractivity contribution is 0.0515. The molecule has 1 saturated carbocycles. The van der Waals surface area contributed by atoms with Gasteiger partial charge in [-0.2, -0.15) is 10.4 Å². The third-order valence-electron chi connectivity index (χ3n) is 6.54. The molecule has 34 heavy (non-hydrogen) atoms. The van der Waals surface area contributed by atoms with Crippen molar-refractivity contribution >= 4 is 29.3 Å². The van der Waals surface area contributed by atoms with Crippen LogP contribution in [0.25, 0.3) is 11.3 Å². The number of thiol groups is 1. The summed E-state index contributed by atoms with van der Waals surface area (Å²) >= 11 is 0.876. The van der Waals surface area contributed by atoms with E-state index in [4.69, 9.17) is 0 Å². The van der Waals surface area contributed by atoms with Gasteiger partial charge in [-0.25, -0.2) is 9.97 Å². The molecule has 1 radical (unpaired) electrons. The fourth-order valence-corrected chi connectivity index (χ4v) is 5.87. The van der Waals surface area contributed by atoms with E-state index in [0.29, 0.717) is 24.0 Å². The van der Waals surface area contributed by atoms with E-state index in [-0.39, 0.29) is 6.04 Å². The third kappa shape index (κ3) is 4.73. The van der Waals surface area contributed by atoms with Gasteiger partial charge in [-0.15, -0.1) is 11.9 Å². The average Bonchev–Trinajstić information content (AvgIpc) is 3.62. The van der Waals surface area contributed by atoms with Crippen LogP contribution in [-0.2, 0) is 0 Å². The number of aromatic nitrogens is 4. The van der Waals surface area contributed by atoms with E-state index in [1.165, 1.54) is 12.8 Å². The van der Waals surface area contributed by atoms with Crippen molar-refractivity contribution in [3.05, 3.63) is 48.9 Å². The van der Waals surface area contributed by atoms with Gasteiger partial charge in [0.05, 0.1) is 30.4 Å². The molecule has 1 aliphatic heterocycles. The highest BCUT2D eigenvalue weighted by Gasteiger charge is 2.31. The molecule has 2 aromatic heterocycles. The maximum Gasteiger partial charge on any atom is 0.227 e. The van der Waals surface area contributed by atoms with Crippen LogP contribution in [-0.4, -0.2) is 48.0 Å². The largest absolute Gasteiger partial charge is 0.388 e. The number of hydrogen-bond donors (Lipinski definition) is 4. The molecule has 9 nitrogen and oxygen atoms in total. The van der Waals surface area contributed by atoms with E-state index >= 15 is 0 Å². The van der Waals surface area contributed by atoms with Crippen molar-refractivity contribution < 1.29 is 10.2 Å². The molecule has 2 aliphatic rings. The number of nitrogens with one attached hydrogen (secondary N) is 1. The van der Waals surface area contributed by atoms with Crippen LogP contribution >= 0.6 is 11.9 Å². The van der Waals surface area contributed by atoms with Crippen molar-refractivity contribution in [2.24, 2.45) is 5.92 Å². The third-order valence-corrected chi connectivity index (χ3v) is 7.85. The van der Waals surface area contributed by atoms with Gasteiger partial charge < -0.3 is 15.5 Å². The van der Waals surface area contributed by atoms with Gasteiger partial charge in [0.25, 0.3) is 0 Å². The first-order valence-corrected chi connectivity index (χ1v) is 12.6. The second-order valence-corrected chi connectivity index (χ2v) is 9.85. The number of benzene rings is 1. The summed E-state index contributed by atoms with van der Waals surface area (Å²) in [5.74, 6) is 1.50. The SMILES string of the molecule is N#CCC(C1CCCC1)n1cc(-c2ccnc(Nc3ccc(N4[SH]CC(O)C4O)cc3)n2)cn1. The zero-order valence-corrected chi connectivity index (χ0v) is 19.6. The Labute approximate surface area is 202 Å². The van der Waals surface area contributed by atoms with Crippen LogP contribution in [0, 0.1) is 17.2 Å². The summed E-state index contributed by atoms with van der Waals surface area (Å²) in [7, 11) is 0. The van der Waals surface area contributed by atoms with E-state index in [2.05, 4.69) is 26.5 Å². The van der Waals surface area contributed by atoms with Crippen LogP contribution < -0.4 is 9.62 Å². The maximum atomic E-state index is 10.1. The molecule has 3 atom stereocenters. The topological polar surface area (TPSA) is 123 Å². The predicted molar refractivity (Wildman–Crippen MR) is 133 cm³/mol. The minimum Gasteiger partial charge on any atom is -0.388 e. The summed E-state index contributed by atoms with van der Waals surface area (Å²) in [5, 5.41) is 37.0. The molecule has 3 unspecified atom stereocenters. The Morgan fingerprint density at radius 2 is 1.97 bits per heavy atom. The normalized spacial score (nSPS) is 21.5. The molecular weight excluding hydrogens is 450 g/mol. The Morgan fingerprint density at radius 1 is 1.18 bits per heavy atom. The smallest absolute Gasteiger partial charge is 0.227 e. The summed E-state index contributed by atoms with van der Waals surface area (Å²) in [4.78, 5) is 8.99. The number of nitrogens with zero attached hydrogens (tertiary/aromatic N) is 6. The molecule has 2 fully saturated rings. The van der Waals surface area contributed by atoms with Crippen LogP contribution in [0.1, 0.15) is 38.1 Å². The van der Waals surface area contributed by atoms with Crippen LogP contribution in [0.4, 0.5) is 17.3 Å². The lowest BCUT2D eigenvalue weighted by Gasteiger charge is -2.23. The van der Waals surface area contributed by atoms with Crippen LogP contribution in [0.5, 0.6) is 0 Å². The first-order chi connectivity index (χ1) is 16.6. The van der Waals surface area contributed by atoms with Gasteiger partial charge >= 0.3 is 0 Å². The number of rotatable bonds is 7. The Morgan fingerprint density at radius 3 is 2.68 bits per heavy atom. The molecule has 0 spiro atoms. The zero-order chi connectivity index (χ0) is 23.5.